The molecule has 2 aromatic rings. The van der Waals surface area contributed by atoms with E-state index in [2.05, 4.69) is 4.98 Å². The average Bonchev–Trinajstić information content (AvgIpc) is 3.03. The van der Waals surface area contributed by atoms with Gasteiger partial charge in [-0.25, -0.2) is 4.98 Å². The maximum Gasteiger partial charge on any atom is 0.303 e. The second-order valence-electron chi connectivity index (χ2n) is 5.07. The van der Waals surface area contributed by atoms with Crippen molar-refractivity contribution in [2.24, 2.45) is 0 Å². The van der Waals surface area contributed by atoms with Gasteiger partial charge in [-0.05, 0) is 6.42 Å². The fourth-order valence-electron chi connectivity index (χ4n) is 2.02. The number of aromatic nitrogens is 1. The van der Waals surface area contributed by atoms with Crippen LogP contribution in [0.25, 0.3) is 10.6 Å². The van der Waals surface area contributed by atoms with Gasteiger partial charge < -0.3 is 10.0 Å². The zero-order valence-corrected chi connectivity index (χ0v) is 13.7. The number of nitro benzene ring substituents is 1. The number of nitrogens with zero attached hydrogens (tertiary/aromatic N) is 3. The molecule has 1 aromatic heterocycles. The third-order valence-electron chi connectivity index (χ3n) is 3.26. The van der Waals surface area contributed by atoms with Crippen molar-refractivity contribution in [1.82, 2.24) is 9.88 Å². The summed E-state index contributed by atoms with van der Waals surface area (Å²) in [6.07, 6.45) is 0.354. The number of non-ortho nitro benzene ring substituents is 1. The lowest BCUT2D eigenvalue weighted by molar-refractivity contribution is -0.384. The van der Waals surface area contributed by atoms with Crippen LogP contribution >= 0.6 is 11.3 Å². The Hall–Kier alpha value is -2.81. The topological polar surface area (TPSA) is 114 Å². The van der Waals surface area contributed by atoms with Crippen LogP contribution in [0.1, 0.15) is 23.3 Å². The lowest BCUT2D eigenvalue weighted by Gasteiger charge is -2.14. The van der Waals surface area contributed by atoms with Gasteiger partial charge in [-0.15, -0.1) is 11.3 Å². The van der Waals surface area contributed by atoms with Crippen molar-refractivity contribution in [2.45, 2.75) is 12.8 Å². The minimum Gasteiger partial charge on any atom is -0.481 e. The lowest BCUT2D eigenvalue weighted by Crippen LogP contribution is -2.28. The molecule has 0 fully saturated rings. The molecule has 2 rings (SSSR count). The molecular formula is C15H15N3O5S. The zero-order valence-electron chi connectivity index (χ0n) is 12.8. The summed E-state index contributed by atoms with van der Waals surface area (Å²) in [4.78, 5) is 38.7. The first-order chi connectivity index (χ1) is 11.4. The Balaban J connectivity index is 2.09. The molecule has 0 radical (unpaired) electrons. The van der Waals surface area contributed by atoms with E-state index in [9.17, 15) is 19.7 Å². The number of aliphatic carboxylic acids is 1. The van der Waals surface area contributed by atoms with Crippen LogP contribution in [0.4, 0.5) is 5.69 Å². The van der Waals surface area contributed by atoms with Crippen LogP contribution in [0.2, 0.25) is 0 Å². The van der Waals surface area contributed by atoms with Crippen molar-refractivity contribution in [3.8, 4) is 10.6 Å². The third-order valence-corrected chi connectivity index (χ3v) is 4.15. The predicted molar refractivity (Wildman–Crippen MR) is 88.0 cm³/mol. The first-order valence-corrected chi connectivity index (χ1v) is 7.94. The van der Waals surface area contributed by atoms with Gasteiger partial charge in [0.15, 0.2) is 0 Å². The molecule has 0 bridgehead atoms. The van der Waals surface area contributed by atoms with Crippen LogP contribution in [-0.2, 0) is 4.79 Å². The van der Waals surface area contributed by atoms with Gasteiger partial charge >= 0.3 is 5.97 Å². The molecule has 0 spiro atoms. The standard InChI is InChI=1S/C15H15N3O5S/c1-17(7-3-6-13(19)20)15(21)12-9-24-14(16-12)10-4-2-5-11(8-10)18(22)23/h2,4-5,8-9H,3,6-7H2,1H3,(H,19,20). The van der Waals surface area contributed by atoms with E-state index in [0.29, 0.717) is 23.5 Å². The summed E-state index contributed by atoms with van der Waals surface area (Å²) in [5.74, 6) is -1.22. The van der Waals surface area contributed by atoms with Crippen LogP contribution in [0, 0.1) is 10.1 Å². The summed E-state index contributed by atoms with van der Waals surface area (Å²) in [6.45, 7) is 0.314. The van der Waals surface area contributed by atoms with Crippen LogP contribution in [0.15, 0.2) is 29.6 Å². The van der Waals surface area contributed by atoms with Gasteiger partial charge in [-0.1, -0.05) is 12.1 Å². The van der Waals surface area contributed by atoms with Gasteiger partial charge in [-0.2, -0.15) is 0 Å². The summed E-state index contributed by atoms with van der Waals surface area (Å²) in [6, 6.07) is 6.05. The molecule has 1 amide bonds. The summed E-state index contributed by atoms with van der Waals surface area (Å²) in [7, 11) is 1.58. The molecule has 0 atom stereocenters. The van der Waals surface area contributed by atoms with Gasteiger partial charge in [0.25, 0.3) is 11.6 Å². The van der Waals surface area contributed by atoms with E-state index in [4.69, 9.17) is 5.11 Å². The minimum atomic E-state index is -0.905. The number of hydrogen-bond acceptors (Lipinski definition) is 6. The number of carbonyl (C=O) groups excluding carboxylic acids is 1. The minimum absolute atomic E-state index is 0.00633. The number of carboxylic acids is 1. The Kier molecular flexibility index (Phi) is 5.59. The van der Waals surface area contributed by atoms with Crippen LogP contribution in [-0.4, -0.2) is 45.4 Å². The quantitative estimate of drug-likeness (QED) is 0.607. The van der Waals surface area contributed by atoms with E-state index < -0.39 is 10.9 Å². The fourth-order valence-corrected chi connectivity index (χ4v) is 2.81. The Morgan fingerprint density at radius 1 is 1.42 bits per heavy atom. The molecule has 0 aliphatic heterocycles. The molecular weight excluding hydrogens is 334 g/mol. The molecule has 8 nitrogen and oxygen atoms in total. The molecule has 0 aliphatic rings. The van der Waals surface area contributed by atoms with Gasteiger partial charge in [-0.3, -0.25) is 19.7 Å². The van der Waals surface area contributed by atoms with Crippen molar-refractivity contribution in [2.75, 3.05) is 13.6 Å². The third kappa shape index (κ3) is 4.35. The van der Waals surface area contributed by atoms with E-state index in [0.717, 1.165) is 0 Å². The molecule has 1 aromatic carbocycles. The van der Waals surface area contributed by atoms with E-state index in [1.807, 2.05) is 0 Å². The SMILES string of the molecule is CN(CCCC(=O)O)C(=O)c1csc(-c2cccc([N+](=O)[O-])c2)n1. The van der Waals surface area contributed by atoms with Crippen molar-refractivity contribution in [1.29, 1.82) is 0 Å². The average molecular weight is 349 g/mol. The molecule has 0 unspecified atom stereocenters. The molecule has 24 heavy (non-hydrogen) atoms. The van der Waals surface area contributed by atoms with Crippen molar-refractivity contribution in [3.05, 3.63) is 45.5 Å². The number of carbonyl (C=O) groups is 2. The normalized spacial score (nSPS) is 10.4. The largest absolute Gasteiger partial charge is 0.481 e. The fraction of sp³-hybridized carbons (Fsp3) is 0.267. The summed E-state index contributed by atoms with van der Waals surface area (Å²) >= 11 is 1.22. The number of rotatable bonds is 7. The van der Waals surface area contributed by atoms with Gasteiger partial charge in [0.2, 0.25) is 0 Å². The van der Waals surface area contributed by atoms with E-state index >= 15 is 0 Å². The number of hydrogen-bond donors (Lipinski definition) is 1. The Bertz CT molecular complexity index is 774. The Morgan fingerprint density at radius 2 is 2.17 bits per heavy atom. The maximum absolute atomic E-state index is 12.3. The molecule has 9 heteroatoms. The van der Waals surface area contributed by atoms with Crippen LogP contribution in [0.3, 0.4) is 0 Å². The lowest BCUT2D eigenvalue weighted by atomic mass is 10.2. The summed E-state index contributed by atoms with van der Waals surface area (Å²) < 4.78 is 0. The van der Waals surface area contributed by atoms with Gasteiger partial charge in [0, 0.05) is 43.1 Å². The van der Waals surface area contributed by atoms with Crippen molar-refractivity contribution >= 4 is 28.9 Å². The molecule has 0 aliphatic carbocycles. The second kappa shape index (κ2) is 7.64. The van der Waals surface area contributed by atoms with Gasteiger partial charge in [0.05, 0.1) is 4.92 Å². The van der Waals surface area contributed by atoms with Crippen molar-refractivity contribution in [3.63, 3.8) is 0 Å². The number of benzene rings is 1. The molecule has 0 saturated heterocycles. The van der Waals surface area contributed by atoms with E-state index in [1.54, 1.807) is 24.6 Å². The molecule has 0 saturated carbocycles. The summed E-state index contributed by atoms with van der Waals surface area (Å²) in [5.41, 5.74) is 0.766. The molecule has 1 heterocycles. The van der Waals surface area contributed by atoms with E-state index in [1.165, 1.54) is 28.4 Å². The number of carboxylic acid groups (broad SMARTS) is 1. The van der Waals surface area contributed by atoms with E-state index in [-0.39, 0.29) is 23.7 Å². The number of amides is 1. The zero-order chi connectivity index (χ0) is 17.7. The highest BCUT2D eigenvalue weighted by Crippen LogP contribution is 2.27. The first-order valence-electron chi connectivity index (χ1n) is 7.06. The monoisotopic (exact) mass is 349 g/mol. The molecule has 126 valence electrons. The van der Waals surface area contributed by atoms with Crippen LogP contribution in [0.5, 0.6) is 0 Å². The van der Waals surface area contributed by atoms with Gasteiger partial charge in [0.1, 0.15) is 10.7 Å². The van der Waals surface area contributed by atoms with Crippen molar-refractivity contribution < 1.29 is 19.6 Å². The highest BCUT2D eigenvalue weighted by molar-refractivity contribution is 7.13. The number of nitro groups is 1. The van der Waals surface area contributed by atoms with Crippen LogP contribution < -0.4 is 0 Å². The smallest absolute Gasteiger partial charge is 0.303 e. The Labute approximate surface area is 141 Å². The Morgan fingerprint density at radius 3 is 2.83 bits per heavy atom. The highest BCUT2D eigenvalue weighted by atomic mass is 32.1. The first kappa shape index (κ1) is 17.5. The second-order valence-corrected chi connectivity index (χ2v) is 5.93. The number of thiazole rings is 1. The maximum atomic E-state index is 12.3. The predicted octanol–water partition coefficient (Wildman–Crippen LogP) is 2.66. The summed E-state index contributed by atoms with van der Waals surface area (Å²) in [5, 5.41) is 21.5. The highest BCUT2D eigenvalue weighted by Gasteiger charge is 2.17. The molecule has 1 N–H and O–H groups in total.